The molecule has 0 spiro atoms. The van der Waals surface area contributed by atoms with Crippen LogP contribution in [0.15, 0.2) is 54.6 Å². The minimum Gasteiger partial charge on any atom is -0.497 e. The molecule has 1 heterocycles. The summed E-state index contributed by atoms with van der Waals surface area (Å²) in [6.07, 6.45) is 1.35. The summed E-state index contributed by atoms with van der Waals surface area (Å²) in [6.45, 7) is 2.28. The number of carbonyl (C=O) groups is 2. The Balaban J connectivity index is 1.23. The van der Waals surface area contributed by atoms with Gasteiger partial charge in [0.1, 0.15) is 5.75 Å². The molecule has 6 heteroatoms. The number of piperazine rings is 1. The Hall–Kier alpha value is -3.02. The van der Waals surface area contributed by atoms with E-state index in [0.717, 1.165) is 17.7 Å². The molecule has 2 aromatic carbocycles. The summed E-state index contributed by atoms with van der Waals surface area (Å²) in [5.41, 5.74) is 2.22. The maximum atomic E-state index is 12.6. The van der Waals surface area contributed by atoms with Gasteiger partial charge in [-0.3, -0.25) is 4.79 Å². The molecular weight excluding hydrogens is 366 g/mol. The molecule has 2 atom stereocenters. The van der Waals surface area contributed by atoms with Gasteiger partial charge in [0.15, 0.2) is 0 Å². The van der Waals surface area contributed by atoms with E-state index in [2.05, 4.69) is 17.4 Å². The minimum absolute atomic E-state index is 0.0201. The lowest BCUT2D eigenvalue weighted by Gasteiger charge is -2.35. The van der Waals surface area contributed by atoms with E-state index < -0.39 is 0 Å². The minimum atomic E-state index is -0.0201. The molecule has 1 aliphatic heterocycles. The molecule has 2 aromatic rings. The van der Waals surface area contributed by atoms with Crippen molar-refractivity contribution in [3.8, 4) is 5.75 Å². The number of benzene rings is 2. The van der Waals surface area contributed by atoms with Gasteiger partial charge in [-0.05, 0) is 29.7 Å². The van der Waals surface area contributed by atoms with Crippen LogP contribution in [-0.4, -0.2) is 61.1 Å². The van der Waals surface area contributed by atoms with Crippen LogP contribution in [0.25, 0.3) is 0 Å². The average molecular weight is 393 g/mol. The highest BCUT2D eigenvalue weighted by molar-refractivity contribution is 5.80. The first kappa shape index (κ1) is 19.3. The van der Waals surface area contributed by atoms with Gasteiger partial charge in [0, 0.05) is 38.1 Å². The quantitative estimate of drug-likeness (QED) is 0.850. The van der Waals surface area contributed by atoms with Crippen LogP contribution in [0.5, 0.6) is 5.75 Å². The van der Waals surface area contributed by atoms with E-state index >= 15 is 0 Å². The second kappa shape index (κ2) is 8.55. The van der Waals surface area contributed by atoms with E-state index in [1.54, 1.807) is 7.11 Å². The van der Waals surface area contributed by atoms with Crippen molar-refractivity contribution in [1.29, 1.82) is 0 Å². The smallest absolute Gasteiger partial charge is 0.317 e. The molecular formula is C23H27N3O3. The van der Waals surface area contributed by atoms with Crippen molar-refractivity contribution >= 4 is 11.9 Å². The highest BCUT2D eigenvalue weighted by Crippen LogP contribution is 2.40. The third-order valence-electron chi connectivity index (χ3n) is 5.74. The van der Waals surface area contributed by atoms with Crippen molar-refractivity contribution in [2.24, 2.45) is 0 Å². The number of carbonyl (C=O) groups excluding carboxylic acids is 2. The van der Waals surface area contributed by atoms with Crippen LogP contribution < -0.4 is 10.1 Å². The zero-order chi connectivity index (χ0) is 20.2. The Labute approximate surface area is 171 Å². The summed E-state index contributed by atoms with van der Waals surface area (Å²) >= 11 is 0. The normalized spacial score (nSPS) is 20.9. The zero-order valence-electron chi connectivity index (χ0n) is 16.7. The lowest BCUT2D eigenvalue weighted by molar-refractivity contribution is -0.131. The molecule has 6 nitrogen and oxygen atoms in total. The molecule has 0 aromatic heterocycles. The first-order valence-electron chi connectivity index (χ1n) is 10.1. The molecule has 0 bridgehead atoms. The Kier molecular flexibility index (Phi) is 5.69. The molecule has 1 aliphatic carbocycles. The third-order valence-corrected chi connectivity index (χ3v) is 5.74. The van der Waals surface area contributed by atoms with Crippen molar-refractivity contribution < 1.29 is 14.3 Å². The summed E-state index contributed by atoms with van der Waals surface area (Å²) in [7, 11) is 1.62. The van der Waals surface area contributed by atoms with Crippen LogP contribution in [0, 0.1) is 0 Å². The van der Waals surface area contributed by atoms with E-state index in [9.17, 15) is 9.59 Å². The van der Waals surface area contributed by atoms with Crippen molar-refractivity contribution in [3.05, 3.63) is 65.7 Å². The average Bonchev–Trinajstić information content (AvgIpc) is 3.53. The Morgan fingerprint density at radius 3 is 2.45 bits per heavy atom. The third kappa shape index (κ3) is 4.70. The molecule has 1 N–H and O–H groups in total. The van der Waals surface area contributed by atoms with Crippen LogP contribution in [-0.2, 0) is 11.2 Å². The lowest BCUT2D eigenvalue weighted by atomic mass is 10.1. The Morgan fingerprint density at radius 2 is 1.72 bits per heavy atom. The maximum Gasteiger partial charge on any atom is 0.317 e. The van der Waals surface area contributed by atoms with Gasteiger partial charge in [-0.2, -0.15) is 0 Å². The van der Waals surface area contributed by atoms with Gasteiger partial charge < -0.3 is 19.9 Å². The number of hydrogen-bond donors (Lipinski definition) is 1. The van der Waals surface area contributed by atoms with Crippen LogP contribution in [0.4, 0.5) is 4.79 Å². The molecule has 2 aliphatic rings. The SMILES string of the molecule is COc1cccc(CC(=O)N2CCN(C(=O)NC3CC3c3ccccc3)CC2)c1. The number of hydrogen-bond acceptors (Lipinski definition) is 3. The van der Waals surface area contributed by atoms with Crippen LogP contribution in [0.2, 0.25) is 0 Å². The molecule has 2 fully saturated rings. The fourth-order valence-corrected chi connectivity index (χ4v) is 3.90. The molecule has 29 heavy (non-hydrogen) atoms. The molecule has 0 radical (unpaired) electrons. The number of amides is 3. The largest absolute Gasteiger partial charge is 0.497 e. The monoisotopic (exact) mass is 393 g/mol. The summed E-state index contributed by atoms with van der Waals surface area (Å²) in [6, 6.07) is 18.1. The summed E-state index contributed by atoms with van der Waals surface area (Å²) in [5, 5.41) is 3.14. The topological polar surface area (TPSA) is 61.9 Å². The Morgan fingerprint density at radius 1 is 1.00 bits per heavy atom. The molecule has 3 amide bonds. The fraction of sp³-hybridized carbons (Fsp3) is 0.391. The first-order valence-corrected chi connectivity index (χ1v) is 10.1. The van der Waals surface area contributed by atoms with Gasteiger partial charge in [0.2, 0.25) is 5.91 Å². The number of urea groups is 1. The van der Waals surface area contributed by atoms with Gasteiger partial charge in [-0.25, -0.2) is 4.79 Å². The highest BCUT2D eigenvalue weighted by Gasteiger charge is 2.40. The number of ether oxygens (including phenoxy) is 1. The van der Waals surface area contributed by atoms with E-state index in [-0.39, 0.29) is 18.0 Å². The maximum absolute atomic E-state index is 12.6. The van der Waals surface area contributed by atoms with Crippen molar-refractivity contribution in [1.82, 2.24) is 15.1 Å². The molecule has 4 rings (SSSR count). The fourth-order valence-electron chi connectivity index (χ4n) is 3.90. The summed E-state index contributed by atoms with van der Waals surface area (Å²) in [4.78, 5) is 28.8. The van der Waals surface area contributed by atoms with E-state index in [1.807, 2.05) is 52.3 Å². The molecule has 1 saturated heterocycles. The second-order valence-corrected chi connectivity index (χ2v) is 7.71. The van der Waals surface area contributed by atoms with Gasteiger partial charge in [0.25, 0.3) is 0 Å². The molecule has 1 saturated carbocycles. The number of nitrogens with one attached hydrogen (secondary N) is 1. The molecule has 2 unspecified atom stereocenters. The van der Waals surface area contributed by atoms with Crippen LogP contribution >= 0.6 is 0 Å². The van der Waals surface area contributed by atoms with Gasteiger partial charge in [-0.15, -0.1) is 0 Å². The van der Waals surface area contributed by atoms with Crippen molar-refractivity contribution in [2.45, 2.75) is 24.8 Å². The van der Waals surface area contributed by atoms with Gasteiger partial charge >= 0.3 is 6.03 Å². The van der Waals surface area contributed by atoms with Crippen LogP contribution in [0.3, 0.4) is 0 Å². The van der Waals surface area contributed by atoms with Crippen molar-refractivity contribution in [3.63, 3.8) is 0 Å². The number of methoxy groups -OCH3 is 1. The van der Waals surface area contributed by atoms with Crippen LogP contribution in [0.1, 0.15) is 23.5 Å². The Bertz CT molecular complexity index is 863. The molecule has 152 valence electrons. The van der Waals surface area contributed by atoms with Gasteiger partial charge in [0.05, 0.1) is 13.5 Å². The zero-order valence-corrected chi connectivity index (χ0v) is 16.7. The summed E-state index contributed by atoms with van der Waals surface area (Å²) in [5.74, 6) is 1.26. The predicted octanol–water partition coefficient (Wildman–Crippen LogP) is 2.65. The van der Waals surface area contributed by atoms with E-state index in [1.165, 1.54) is 5.56 Å². The predicted molar refractivity (Wildman–Crippen MR) is 111 cm³/mol. The summed E-state index contributed by atoms with van der Waals surface area (Å²) < 4.78 is 5.22. The standard InChI is InChI=1S/C23H27N3O3/c1-29-19-9-5-6-17(14-19)15-22(27)25-10-12-26(13-11-25)23(28)24-21-16-20(21)18-7-3-2-4-8-18/h2-9,14,20-21H,10-13,15-16H2,1H3,(H,24,28). The van der Waals surface area contributed by atoms with Crippen molar-refractivity contribution in [2.75, 3.05) is 33.3 Å². The number of nitrogens with zero attached hydrogens (tertiary/aromatic N) is 2. The lowest BCUT2D eigenvalue weighted by Crippen LogP contribution is -2.53. The second-order valence-electron chi connectivity index (χ2n) is 7.71. The first-order chi connectivity index (χ1) is 14.1. The van der Waals surface area contributed by atoms with Gasteiger partial charge in [-0.1, -0.05) is 42.5 Å². The highest BCUT2D eigenvalue weighted by atomic mass is 16.5. The number of rotatable bonds is 5. The van der Waals surface area contributed by atoms with E-state index in [4.69, 9.17) is 4.74 Å². The van der Waals surface area contributed by atoms with E-state index in [0.29, 0.717) is 38.5 Å².